The van der Waals surface area contributed by atoms with E-state index in [0.717, 1.165) is 0 Å². The Morgan fingerprint density at radius 3 is 2.86 bits per heavy atom. The zero-order valence-corrected chi connectivity index (χ0v) is 15.0. The Kier molecular flexibility index (Phi) is 4.52. The molecule has 1 unspecified atom stereocenters. The third-order valence-electron chi connectivity index (χ3n) is 4.53. The maximum Gasteiger partial charge on any atom is 0.252 e. The van der Waals surface area contributed by atoms with Crippen LogP contribution in [0.4, 0.5) is 0 Å². The molecule has 1 saturated heterocycles. The number of carbonyl (C=O) groups is 3. The van der Waals surface area contributed by atoms with Gasteiger partial charge in [-0.2, -0.15) is 0 Å². The molecular formula is C20H17N3O5. The zero-order valence-electron chi connectivity index (χ0n) is 15.0. The average Bonchev–Trinajstić information content (AvgIpc) is 3.13. The number of nitrogens with zero attached hydrogens (tertiary/aromatic N) is 1. The van der Waals surface area contributed by atoms with Gasteiger partial charge in [-0.05, 0) is 36.8 Å². The van der Waals surface area contributed by atoms with Crippen LogP contribution in [0, 0.1) is 0 Å². The van der Waals surface area contributed by atoms with Crippen LogP contribution >= 0.6 is 0 Å². The monoisotopic (exact) mass is 379 g/mol. The van der Waals surface area contributed by atoms with E-state index in [1.165, 1.54) is 0 Å². The summed E-state index contributed by atoms with van der Waals surface area (Å²) in [4.78, 5) is 40.0. The number of oxazole rings is 1. The Bertz CT molecular complexity index is 1090. The van der Waals surface area contributed by atoms with E-state index in [-0.39, 0.29) is 18.7 Å². The number of rotatable bonds is 4. The molecule has 1 aromatic heterocycles. The maximum atomic E-state index is 12.5. The largest absolute Gasteiger partial charge is 0.496 e. The Morgan fingerprint density at radius 2 is 2.07 bits per heavy atom. The van der Waals surface area contributed by atoms with Crippen LogP contribution < -0.4 is 15.4 Å². The van der Waals surface area contributed by atoms with Crippen molar-refractivity contribution in [3.05, 3.63) is 48.0 Å². The number of hydrogen-bond acceptors (Lipinski definition) is 6. The molecule has 0 spiro atoms. The van der Waals surface area contributed by atoms with Gasteiger partial charge in [-0.15, -0.1) is 0 Å². The van der Waals surface area contributed by atoms with Crippen molar-refractivity contribution >= 4 is 28.8 Å². The quantitative estimate of drug-likeness (QED) is 0.671. The Balaban J connectivity index is 1.59. The van der Waals surface area contributed by atoms with E-state index in [1.807, 2.05) is 24.3 Å². The standard InChI is InChI=1S/C20H17N3O5/c1-27-15-5-3-2-4-12(15)20-22-13-7-6-11(10-16(13)28-20)18(25)21-14-8-9-17(24)23-19(14)26/h2-7,10,14H,8-9H2,1H3,(H,21,25)(H,23,24,26). The molecule has 8 heteroatoms. The number of piperidine rings is 1. The van der Waals surface area contributed by atoms with Crippen molar-refractivity contribution in [2.75, 3.05) is 7.11 Å². The SMILES string of the molecule is COc1ccccc1-c1nc2ccc(C(=O)NC3CCC(=O)NC3=O)cc2o1. The number of carbonyl (C=O) groups excluding carboxylic acids is 3. The van der Waals surface area contributed by atoms with Gasteiger partial charge in [0, 0.05) is 12.0 Å². The summed E-state index contributed by atoms with van der Waals surface area (Å²) in [5.74, 6) is -0.238. The van der Waals surface area contributed by atoms with Gasteiger partial charge in [-0.3, -0.25) is 19.7 Å². The molecule has 2 N–H and O–H groups in total. The number of ether oxygens (including phenoxy) is 1. The fourth-order valence-electron chi connectivity index (χ4n) is 3.08. The maximum absolute atomic E-state index is 12.5. The molecule has 2 heterocycles. The number of amides is 3. The Morgan fingerprint density at radius 1 is 1.25 bits per heavy atom. The fourth-order valence-corrected chi connectivity index (χ4v) is 3.08. The minimum Gasteiger partial charge on any atom is -0.496 e. The number of benzene rings is 2. The van der Waals surface area contributed by atoms with Crippen molar-refractivity contribution in [3.8, 4) is 17.2 Å². The highest BCUT2D eigenvalue weighted by molar-refractivity contribution is 6.04. The number of hydrogen-bond donors (Lipinski definition) is 2. The molecule has 142 valence electrons. The van der Waals surface area contributed by atoms with Crippen molar-refractivity contribution in [3.63, 3.8) is 0 Å². The number of fused-ring (bicyclic) bond motifs is 1. The minimum absolute atomic E-state index is 0.195. The summed E-state index contributed by atoms with van der Waals surface area (Å²) in [6.07, 6.45) is 0.471. The molecule has 1 atom stereocenters. The summed E-state index contributed by atoms with van der Waals surface area (Å²) in [7, 11) is 1.57. The summed E-state index contributed by atoms with van der Waals surface area (Å²) in [6.45, 7) is 0. The lowest BCUT2D eigenvalue weighted by Crippen LogP contribution is -2.52. The van der Waals surface area contributed by atoms with Crippen LogP contribution in [0.1, 0.15) is 23.2 Å². The van der Waals surface area contributed by atoms with Crippen LogP contribution in [0.5, 0.6) is 5.75 Å². The normalized spacial score (nSPS) is 16.7. The van der Waals surface area contributed by atoms with E-state index in [0.29, 0.717) is 33.9 Å². The van der Waals surface area contributed by atoms with Gasteiger partial charge < -0.3 is 14.5 Å². The number of nitrogens with one attached hydrogen (secondary N) is 2. The Labute approximate surface area is 159 Å². The van der Waals surface area contributed by atoms with Gasteiger partial charge in [0.2, 0.25) is 17.7 Å². The minimum atomic E-state index is -0.736. The summed E-state index contributed by atoms with van der Waals surface area (Å²) < 4.78 is 11.2. The van der Waals surface area contributed by atoms with Gasteiger partial charge in [0.1, 0.15) is 17.3 Å². The molecule has 0 bridgehead atoms. The van der Waals surface area contributed by atoms with Crippen LogP contribution in [0.2, 0.25) is 0 Å². The molecule has 0 aliphatic carbocycles. The van der Waals surface area contributed by atoms with E-state index >= 15 is 0 Å². The molecule has 1 fully saturated rings. The van der Waals surface area contributed by atoms with Crippen LogP contribution in [0.15, 0.2) is 46.9 Å². The van der Waals surface area contributed by atoms with Gasteiger partial charge in [0.05, 0.1) is 12.7 Å². The smallest absolute Gasteiger partial charge is 0.252 e. The third-order valence-corrected chi connectivity index (χ3v) is 4.53. The van der Waals surface area contributed by atoms with Crippen molar-refractivity contribution in [1.29, 1.82) is 0 Å². The second-order valence-electron chi connectivity index (χ2n) is 6.38. The van der Waals surface area contributed by atoms with Crippen molar-refractivity contribution < 1.29 is 23.5 Å². The third kappa shape index (κ3) is 3.32. The highest BCUT2D eigenvalue weighted by Gasteiger charge is 2.28. The first-order chi connectivity index (χ1) is 13.5. The predicted octanol–water partition coefficient (Wildman–Crippen LogP) is 2.04. The lowest BCUT2D eigenvalue weighted by Gasteiger charge is -2.21. The van der Waals surface area contributed by atoms with E-state index in [1.54, 1.807) is 25.3 Å². The first-order valence-electron chi connectivity index (χ1n) is 8.73. The summed E-state index contributed by atoms with van der Waals surface area (Å²) >= 11 is 0. The predicted molar refractivity (Wildman–Crippen MR) is 99.6 cm³/mol. The lowest BCUT2D eigenvalue weighted by atomic mass is 10.1. The molecule has 3 amide bonds. The topological polar surface area (TPSA) is 111 Å². The number of para-hydroxylation sites is 1. The van der Waals surface area contributed by atoms with Crippen LogP contribution in [-0.2, 0) is 9.59 Å². The van der Waals surface area contributed by atoms with E-state index in [4.69, 9.17) is 9.15 Å². The number of imide groups is 1. The first-order valence-corrected chi connectivity index (χ1v) is 8.73. The Hall–Kier alpha value is -3.68. The van der Waals surface area contributed by atoms with Crippen molar-refractivity contribution in [2.45, 2.75) is 18.9 Å². The molecule has 2 aromatic carbocycles. The molecule has 8 nitrogen and oxygen atoms in total. The molecule has 1 aliphatic heterocycles. The van der Waals surface area contributed by atoms with Crippen LogP contribution in [0.25, 0.3) is 22.6 Å². The first kappa shape index (κ1) is 17.7. The molecule has 3 aromatic rings. The fraction of sp³-hybridized carbons (Fsp3) is 0.200. The molecule has 28 heavy (non-hydrogen) atoms. The average molecular weight is 379 g/mol. The number of aromatic nitrogens is 1. The molecule has 1 aliphatic rings. The summed E-state index contributed by atoms with van der Waals surface area (Å²) in [5.41, 5.74) is 2.07. The van der Waals surface area contributed by atoms with Gasteiger partial charge >= 0.3 is 0 Å². The van der Waals surface area contributed by atoms with Gasteiger partial charge in [-0.25, -0.2) is 4.98 Å². The lowest BCUT2D eigenvalue weighted by molar-refractivity contribution is -0.134. The van der Waals surface area contributed by atoms with Gasteiger partial charge in [0.15, 0.2) is 5.58 Å². The van der Waals surface area contributed by atoms with Gasteiger partial charge in [0.25, 0.3) is 5.91 Å². The van der Waals surface area contributed by atoms with Gasteiger partial charge in [-0.1, -0.05) is 12.1 Å². The zero-order chi connectivity index (χ0) is 19.7. The highest BCUT2D eigenvalue weighted by atomic mass is 16.5. The van der Waals surface area contributed by atoms with Crippen molar-refractivity contribution in [1.82, 2.24) is 15.6 Å². The molecule has 4 rings (SSSR count). The van der Waals surface area contributed by atoms with Crippen LogP contribution in [0.3, 0.4) is 0 Å². The highest BCUT2D eigenvalue weighted by Crippen LogP contribution is 2.31. The van der Waals surface area contributed by atoms with Crippen LogP contribution in [-0.4, -0.2) is 35.9 Å². The summed E-state index contributed by atoms with van der Waals surface area (Å²) in [6, 6.07) is 11.5. The van der Waals surface area contributed by atoms with Crippen molar-refractivity contribution in [2.24, 2.45) is 0 Å². The molecular weight excluding hydrogens is 362 g/mol. The summed E-state index contributed by atoms with van der Waals surface area (Å²) in [5, 5.41) is 4.86. The van der Waals surface area contributed by atoms with E-state index in [9.17, 15) is 14.4 Å². The molecule has 0 saturated carbocycles. The van der Waals surface area contributed by atoms with E-state index in [2.05, 4.69) is 15.6 Å². The molecule has 0 radical (unpaired) electrons. The second-order valence-corrected chi connectivity index (χ2v) is 6.38. The van der Waals surface area contributed by atoms with E-state index < -0.39 is 17.9 Å². The number of methoxy groups -OCH3 is 1. The second kappa shape index (κ2) is 7.15.